The number of nitrogens with zero attached hydrogens (tertiary/aromatic N) is 2. The Bertz CT molecular complexity index is 639. The van der Waals surface area contributed by atoms with E-state index >= 15 is 0 Å². The number of aromatic nitrogens is 1. The van der Waals surface area contributed by atoms with Crippen molar-refractivity contribution in [1.82, 2.24) is 9.88 Å². The second kappa shape index (κ2) is 6.49. The highest BCUT2D eigenvalue weighted by Gasteiger charge is 2.24. The van der Waals surface area contributed by atoms with Crippen LogP contribution in [0.5, 0.6) is 0 Å². The molecule has 2 amide bonds. The van der Waals surface area contributed by atoms with Crippen molar-refractivity contribution in [3.63, 3.8) is 0 Å². The second-order valence-corrected chi connectivity index (χ2v) is 5.54. The molecular weight excluding hydrogens is 286 g/mol. The van der Waals surface area contributed by atoms with Crippen molar-refractivity contribution >= 4 is 28.8 Å². The molecule has 21 heavy (non-hydrogen) atoms. The predicted molar refractivity (Wildman–Crippen MR) is 83.1 cm³/mol. The van der Waals surface area contributed by atoms with Crippen LogP contribution in [0.15, 0.2) is 35.3 Å². The maximum absolute atomic E-state index is 12.2. The van der Waals surface area contributed by atoms with Crippen molar-refractivity contribution in [2.45, 2.75) is 19.9 Å². The molecular formula is C15H17N3O2S. The monoisotopic (exact) mass is 303 g/mol. The summed E-state index contributed by atoms with van der Waals surface area (Å²) in [7, 11) is 1.61. The minimum Gasteiger partial charge on any atom is -0.331 e. The summed E-state index contributed by atoms with van der Waals surface area (Å²) in [4.78, 5) is 29.7. The van der Waals surface area contributed by atoms with Gasteiger partial charge in [-0.2, -0.15) is 0 Å². The molecule has 1 N–H and O–H groups in total. The van der Waals surface area contributed by atoms with E-state index in [-0.39, 0.29) is 6.04 Å². The Balaban J connectivity index is 2.05. The van der Waals surface area contributed by atoms with Crippen molar-refractivity contribution in [3.8, 4) is 0 Å². The van der Waals surface area contributed by atoms with Gasteiger partial charge in [0.25, 0.3) is 0 Å². The number of anilines is 1. The highest BCUT2D eigenvalue weighted by molar-refractivity contribution is 7.08. The van der Waals surface area contributed by atoms with Crippen molar-refractivity contribution in [1.29, 1.82) is 0 Å². The zero-order chi connectivity index (χ0) is 15.4. The normalized spacial score (nSPS) is 11.8. The van der Waals surface area contributed by atoms with Crippen LogP contribution in [0.1, 0.15) is 24.1 Å². The maximum Gasteiger partial charge on any atom is 0.313 e. The molecule has 110 valence electrons. The van der Waals surface area contributed by atoms with Gasteiger partial charge in [-0.15, -0.1) is 11.3 Å². The zero-order valence-corrected chi connectivity index (χ0v) is 13.0. The Morgan fingerprint density at radius 3 is 2.71 bits per heavy atom. The molecule has 0 aliphatic rings. The van der Waals surface area contributed by atoms with Crippen LogP contribution in [-0.4, -0.2) is 28.7 Å². The first-order chi connectivity index (χ1) is 10.0. The number of hydrogen-bond donors (Lipinski definition) is 1. The summed E-state index contributed by atoms with van der Waals surface area (Å²) < 4.78 is 0. The van der Waals surface area contributed by atoms with Crippen LogP contribution in [0.25, 0.3) is 0 Å². The molecule has 0 radical (unpaired) electrons. The Hall–Kier alpha value is -2.21. The SMILES string of the molecule is Cc1cscc1NC(=O)C(=O)N(C)[C@H](C)c1cccnc1. The van der Waals surface area contributed by atoms with Crippen LogP contribution in [0, 0.1) is 6.92 Å². The molecule has 2 aromatic rings. The number of rotatable bonds is 3. The van der Waals surface area contributed by atoms with Crippen LogP contribution in [0.4, 0.5) is 5.69 Å². The number of carbonyl (C=O) groups excluding carboxylic acids is 2. The second-order valence-electron chi connectivity index (χ2n) is 4.80. The Morgan fingerprint density at radius 1 is 1.38 bits per heavy atom. The van der Waals surface area contributed by atoms with E-state index in [2.05, 4.69) is 10.3 Å². The lowest BCUT2D eigenvalue weighted by molar-refractivity contribution is -0.143. The van der Waals surface area contributed by atoms with Gasteiger partial charge >= 0.3 is 11.8 Å². The maximum atomic E-state index is 12.2. The molecule has 0 aliphatic carbocycles. The minimum absolute atomic E-state index is 0.222. The summed E-state index contributed by atoms with van der Waals surface area (Å²) in [6.45, 7) is 3.75. The smallest absolute Gasteiger partial charge is 0.313 e. The Kier molecular flexibility index (Phi) is 4.70. The van der Waals surface area contributed by atoms with Crippen LogP contribution < -0.4 is 5.32 Å². The van der Waals surface area contributed by atoms with E-state index in [1.807, 2.05) is 30.7 Å². The molecule has 0 aromatic carbocycles. The highest BCUT2D eigenvalue weighted by Crippen LogP contribution is 2.21. The van der Waals surface area contributed by atoms with Gasteiger partial charge in [0, 0.05) is 24.8 Å². The highest BCUT2D eigenvalue weighted by atomic mass is 32.1. The summed E-state index contributed by atoms with van der Waals surface area (Å²) in [5, 5.41) is 6.37. The van der Waals surface area contributed by atoms with E-state index in [9.17, 15) is 9.59 Å². The number of amides is 2. The number of thiophene rings is 1. The summed E-state index contributed by atoms with van der Waals surface area (Å²) in [6.07, 6.45) is 3.36. The lowest BCUT2D eigenvalue weighted by Crippen LogP contribution is -2.38. The van der Waals surface area contributed by atoms with E-state index in [1.165, 1.54) is 16.2 Å². The zero-order valence-electron chi connectivity index (χ0n) is 12.2. The molecule has 1 atom stereocenters. The average molecular weight is 303 g/mol. The number of carbonyl (C=O) groups is 2. The molecule has 2 heterocycles. The quantitative estimate of drug-likeness (QED) is 0.887. The molecule has 0 fully saturated rings. The van der Waals surface area contributed by atoms with E-state index in [0.717, 1.165) is 11.1 Å². The summed E-state index contributed by atoms with van der Waals surface area (Å²) >= 11 is 1.48. The third-order valence-electron chi connectivity index (χ3n) is 3.37. The molecule has 5 nitrogen and oxygen atoms in total. The van der Waals surface area contributed by atoms with Crippen molar-refractivity contribution in [2.75, 3.05) is 12.4 Å². The van der Waals surface area contributed by atoms with Crippen molar-refractivity contribution in [3.05, 3.63) is 46.4 Å². The molecule has 0 aliphatic heterocycles. The fourth-order valence-corrected chi connectivity index (χ4v) is 2.63. The van der Waals surface area contributed by atoms with Crippen molar-refractivity contribution in [2.24, 2.45) is 0 Å². The van der Waals surface area contributed by atoms with E-state index in [1.54, 1.807) is 25.5 Å². The first-order valence-electron chi connectivity index (χ1n) is 6.51. The van der Waals surface area contributed by atoms with E-state index < -0.39 is 11.8 Å². The average Bonchev–Trinajstić information content (AvgIpc) is 2.91. The van der Waals surface area contributed by atoms with Gasteiger partial charge in [0.2, 0.25) is 0 Å². The van der Waals surface area contributed by atoms with Gasteiger partial charge in [-0.25, -0.2) is 0 Å². The van der Waals surface area contributed by atoms with Gasteiger partial charge in [-0.05, 0) is 36.4 Å². The molecule has 0 spiro atoms. The molecule has 0 bridgehead atoms. The van der Waals surface area contributed by atoms with Gasteiger partial charge < -0.3 is 10.2 Å². The van der Waals surface area contributed by atoms with E-state index in [4.69, 9.17) is 0 Å². The minimum atomic E-state index is -0.630. The molecule has 2 rings (SSSR count). The predicted octanol–water partition coefficient (Wildman–Crippen LogP) is 2.61. The van der Waals surface area contributed by atoms with Crippen LogP contribution in [0.2, 0.25) is 0 Å². The third-order valence-corrected chi connectivity index (χ3v) is 4.23. The third kappa shape index (κ3) is 3.46. The first kappa shape index (κ1) is 15.2. The molecule has 2 aromatic heterocycles. The summed E-state index contributed by atoms with van der Waals surface area (Å²) in [5.74, 6) is -1.20. The number of nitrogens with one attached hydrogen (secondary N) is 1. The molecule has 0 unspecified atom stereocenters. The summed E-state index contributed by atoms with van der Waals surface area (Å²) in [5.41, 5.74) is 2.51. The van der Waals surface area contributed by atoms with Gasteiger partial charge in [-0.3, -0.25) is 14.6 Å². The van der Waals surface area contributed by atoms with Gasteiger partial charge in [0.15, 0.2) is 0 Å². The fourth-order valence-electron chi connectivity index (χ4n) is 1.85. The number of aryl methyl sites for hydroxylation is 1. The van der Waals surface area contributed by atoms with Crippen LogP contribution in [0.3, 0.4) is 0 Å². The topological polar surface area (TPSA) is 62.3 Å². The Labute approximate surface area is 127 Å². The van der Waals surface area contributed by atoms with Crippen LogP contribution in [-0.2, 0) is 9.59 Å². The number of pyridine rings is 1. The van der Waals surface area contributed by atoms with Gasteiger partial charge in [0.1, 0.15) is 0 Å². The lowest BCUT2D eigenvalue weighted by atomic mass is 10.1. The lowest BCUT2D eigenvalue weighted by Gasteiger charge is -2.24. The summed E-state index contributed by atoms with van der Waals surface area (Å²) in [6, 6.07) is 3.46. The number of likely N-dealkylation sites (N-methyl/N-ethyl adjacent to an activating group) is 1. The molecule has 6 heteroatoms. The van der Waals surface area contributed by atoms with Crippen molar-refractivity contribution < 1.29 is 9.59 Å². The van der Waals surface area contributed by atoms with E-state index in [0.29, 0.717) is 5.69 Å². The van der Waals surface area contributed by atoms with Crippen LogP contribution >= 0.6 is 11.3 Å². The molecule has 0 saturated carbocycles. The number of hydrogen-bond acceptors (Lipinski definition) is 4. The van der Waals surface area contributed by atoms with Gasteiger partial charge in [-0.1, -0.05) is 6.07 Å². The molecule has 0 saturated heterocycles. The standard InChI is InChI=1S/C15H17N3O2S/c1-10-8-21-9-13(10)17-14(19)15(20)18(3)11(2)12-5-4-6-16-7-12/h4-9,11H,1-3H3,(H,17,19)/t11-/m1/s1. The Morgan fingerprint density at radius 2 is 2.14 bits per heavy atom. The first-order valence-corrected chi connectivity index (χ1v) is 7.46. The van der Waals surface area contributed by atoms with Gasteiger partial charge in [0.05, 0.1) is 11.7 Å². The largest absolute Gasteiger partial charge is 0.331 e. The fraction of sp³-hybridized carbons (Fsp3) is 0.267.